The van der Waals surface area contributed by atoms with E-state index in [4.69, 9.17) is 11.6 Å². The van der Waals surface area contributed by atoms with E-state index in [0.29, 0.717) is 35.3 Å². The zero-order valence-electron chi connectivity index (χ0n) is 24.4. The molecule has 0 aliphatic rings. The van der Waals surface area contributed by atoms with Gasteiger partial charge in [0.15, 0.2) is 0 Å². The molecule has 224 valence electrons. The first-order valence-corrected chi connectivity index (χ1v) is 14.8. The van der Waals surface area contributed by atoms with Crippen LogP contribution >= 0.6 is 11.6 Å². The Morgan fingerprint density at radius 3 is 2.35 bits per heavy atom. The summed E-state index contributed by atoms with van der Waals surface area (Å²) in [4.78, 5) is 40.7. The average molecular weight is 601 g/mol. The molecule has 9 heteroatoms. The number of aromatic nitrogens is 1. The maximum Gasteiger partial charge on any atom is 0.305 e. The van der Waals surface area contributed by atoms with Crippen molar-refractivity contribution < 1.29 is 19.5 Å². The van der Waals surface area contributed by atoms with Crippen LogP contribution in [0.15, 0.2) is 79.0 Å². The van der Waals surface area contributed by atoms with Gasteiger partial charge >= 0.3 is 5.97 Å². The Labute approximate surface area is 256 Å². The highest BCUT2D eigenvalue weighted by atomic mass is 35.5. The Morgan fingerprint density at radius 2 is 1.65 bits per heavy atom. The molecule has 1 atom stereocenters. The van der Waals surface area contributed by atoms with Gasteiger partial charge in [-0.15, -0.1) is 0 Å². The number of nitrogens with zero attached hydrogens (tertiary/aromatic N) is 1. The van der Waals surface area contributed by atoms with Crippen LogP contribution in [0.2, 0.25) is 5.02 Å². The first-order valence-electron chi connectivity index (χ1n) is 14.5. The van der Waals surface area contributed by atoms with E-state index in [1.165, 1.54) is 10.9 Å². The van der Waals surface area contributed by atoms with Crippen LogP contribution < -0.4 is 16.0 Å². The number of aliphatic carboxylic acids is 1. The lowest BCUT2D eigenvalue weighted by Gasteiger charge is -2.19. The van der Waals surface area contributed by atoms with Crippen molar-refractivity contribution in [2.75, 3.05) is 18.4 Å². The molecule has 4 aromatic rings. The minimum Gasteiger partial charge on any atom is -0.481 e. The highest BCUT2D eigenvalue weighted by Gasteiger charge is 2.19. The molecule has 0 unspecified atom stereocenters. The van der Waals surface area contributed by atoms with Gasteiger partial charge in [0.25, 0.3) is 0 Å². The van der Waals surface area contributed by atoms with Crippen molar-refractivity contribution in [3.8, 4) is 11.1 Å². The number of carbonyl (C=O) groups is 3. The van der Waals surface area contributed by atoms with E-state index in [2.05, 4.69) is 59.0 Å². The highest BCUT2D eigenvalue weighted by molar-refractivity contribution is 6.30. The SMILES string of the molecule is CC(C)c1ccc(-c2ccc([C@H](CC(=O)O)NC(=O)CNC(=O)CCCCNc3cc(Cl)ccn3)cc2)c2ccccc12. The highest BCUT2D eigenvalue weighted by Crippen LogP contribution is 2.34. The lowest BCUT2D eigenvalue weighted by atomic mass is 9.90. The van der Waals surface area contributed by atoms with Gasteiger partial charge in [-0.25, -0.2) is 4.98 Å². The fourth-order valence-corrected chi connectivity index (χ4v) is 5.20. The summed E-state index contributed by atoms with van der Waals surface area (Å²) < 4.78 is 0. The number of nitrogens with one attached hydrogen (secondary N) is 3. The molecule has 0 spiro atoms. The maximum atomic E-state index is 12.6. The van der Waals surface area contributed by atoms with Crippen molar-refractivity contribution in [3.63, 3.8) is 0 Å². The van der Waals surface area contributed by atoms with Crippen LogP contribution in [0.5, 0.6) is 0 Å². The molecule has 3 aromatic carbocycles. The molecule has 1 heterocycles. The molecule has 0 bridgehead atoms. The van der Waals surface area contributed by atoms with Crippen molar-refractivity contribution in [1.29, 1.82) is 0 Å². The monoisotopic (exact) mass is 600 g/mol. The van der Waals surface area contributed by atoms with E-state index in [9.17, 15) is 19.5 Å². The van der Waals surface area contributed by atoms with E-state index < -0.39 is 17.9 Å². The Morgan fingerprint density at radius 1 is 0.907 bits per heavy atom. The fourth-order valence-electron chi connectivity index (χ4n) is 5.04. The Balaban J connectivity index is 1.31. The minimum absolute atomic E-state index is 0.230. The quantitative estimate of drug-likeness (QED) is 0.119. The van der Waals surface area contributed by atoms with Crippen molar-refractivity contribution in [3.05, 3.63) is 95.1 Å². The number of rotatable bonds is 14. The number of amides is 2. The molecular formula is C34H37ClN4O4. The molecule has 2 amide bonds. The van der Waals surface area contributed by atoms with Crippen molar-refractivity contribution in [1.82, 2.24) is 15.6 Å². The smallest absolute Gasteiger partial charge is 0.305 e. The van der Waals surface area contributed by atoms with Gasteiger partial charge in [0.1, 0.15) is 5.82 Å². The summed E-state index contributed by atoms with van der Waals surface area (Å²) >= 11 is 5.94. The third-order valence-corrected chi connectivity index (χ3v) is 7.46. The number of benzene rings is 3. The topological polar surface area (TPSA) is 120 Å². The third kappa shape index (κ3) is 9.03. The molecule has 0 saturated carbocycles. The van der Waals surface area contributed by atoms with Gasteiger partial charge < -0.3 is 21.1 Å². The first kappa shape index (κ1) is 31.5. The van der Waals surface area contributed by atoms with Gasteiger partial charge in [0, 0.05) is 24.2 Å². The van der Waals surface area contributed by atoms with Crippen LogP contribution in [0.4, 0.5) is 5.82 Å². The number of unbranched alkanes of at least 4 members (excludes halogenated alkanes) is 1. The van der Waals surface area contributed by atoms with Gasteiger partial charge in [-0.3, -0.25) is 14.4 Å². The second kappa shape index (κ2) is 15.2. The molecule has 43 heavy (non-hydrogen) atoms. The van der Waals surface area contributed by atoms with Gasteiger partial charge in [-0.2, -0.15) is 0 Å². The van der Waals surface area contributed by atoms with Gasteiger partial charge in [0.05, 0.1) is 19.0 Å². The summed E-state index contributed by atoms with van der Waals surface area (Å²) in [7, 11) is 0. The average Bonchev–Trinajstić information content (AvgIpc) is 2.99. The predicted molar refractivity (Wildman–Crippen MR) is 171 cm³/mol. The molecule has 0 aliphatic carbocycles. The lowest BCUT2D eigenvalue weighted by molar-refractivity contribution is -0.138. The van der Waals surface area contributed by atoms with Gasteiger partial charge in [0.2, 0.25) is 11.8 Å². The van der Waals surface area contributed by atoms with Crippen molar-refractivity contribution in [2.45, 2.75) is 51.5 Å². The minimum atomic E-state index is -1.03. The van der Waals surface area contributed by atoms with Gasteiger partial charge in [-0.05, 0) is 63.9 Å². The van der Waals surface area contributed by atoms with Crippen LogP contribution in [-0.4, -0.2) is 41.0 Å². The number of carbonyl (C=O) groups excluding carboxylic acids is 2. The fraction of sp³-hybridized carbons (Fsp3) is 0.294. The molecule has 0 aliphatic heterocycles. The van der Waals surface area contributed by atoms with Crippen LogP contribution in [-0.2, 0) is 14.4 Å². The number of carboxylic acids is 1. The van der Waals surface area contributed by atoms with Crippen molar-refractivity contribution >= 4 is 46.0 Å². The molecular weight excluding hydrogens is 564 g/mol. The third-order valence-electron chi connectivity index (χ3n) is 7.22. The second-order valence-corrected chi connectivity index (χ2v) is 11.2. The number of hydrogen-bond donors (Lipinski definition) is 4. The zero-order valence-corrected chi connectivity index (χ0v) is 25.2. The molecule has 0 fully saturated rings. The van der Waals surface area contributed by atoms with Crippen molar-refractivity contribution in [2.24, 2.45) is 0 Å². The van der Waals surface area contributed by atoms with E-state index >= 15 is 0 Å². The van der Waals surface area contributed by atoms with E-state index in [-0.39, 0.29) is 25.3 Å². The number of anilines is 1. The summed E-state index contributed by atoms with van der Waals surface area (Å²) in [5.41, 5.74) is 4.05. The molecule has 0 radical (unpaired) electrons. The van der Waals surface area contributed by atoms with E-state index in [1.807, 2.05) is 36.4 Å². The van der Waals surface area contributed by atoms with Crippen LogP contribution in [0.1, 0.15) is 62.6 Å². The van der Waals surface area contributed by atoms with Gasteiger partial charge in [-0.1, -0.05) is 86.1 Å². The summed E-state index contributed by atoms with van der Waals surface area (Å²) in [6.45, 7) is 4.77. The number of carboxylic acid groups (broad SMARTS) is 1. The summed E-state index contributed by atoms with van der Waals surface area (Å²) in [5, 5.41) is 21.0. The Kier molecular flexibility index (Phi) is 11.1. The molecule has 0 saturated heterocycles. The summed E-state index contributed by atoms with van der Waals surface area (Å²) in [6.07, 6.45) is 2.98. The predicted octanol–water partition coefficient (Wildman–Crippen LogP) is 6.71. The van der Waals surface area contributed by atoms with Crippen LogP contribution in [0.3, 0.4) is 0 Å². The molecule has 8 nitrogen and oxygen atoms in total. The van der Waals surface area contributed by atoms with E-state index in [0.717, 1.165) is 22.9 Å². The zero-order chi connectivity index (χ0) is 30.8. The van der Waals surface area contributed by atoms with E-state index in [1.54, 1.807) is 18.3 Å². The first-order chi connectivity index (χ1) is 20.7. The largest absolute Gasteiger partial charge is 0.481 e. The number of hydrogen-bond acceptors (Lipinski definition) is 5. The standard InChI is InChI=1S/C34H37ClN4O4/c1-22(2)26-14-15-27(29-8-4-3-7-28(26)29)23-10-12-24(13-11-23)30(20-34(42)43)39-33(41)21-38-32(40)9-5-6-17-36-31-19-25(35)16-18-37-31/h3-4,7-8,10-16,18-19,22,30H,5-6,9,17,20-21H2,1-2H3,(H,36,37)(H,38,40)(H,39,41)(H,42,43)/t30-/m0/s1. The normalized spacial score (nSPS) is 11.7. The summed E-state index contributed by atoms with van der Waals surface area (Å²) in [5.74, 6) is -0.659. The number of fused-ring (bicyclic) bond motifs is 1. The Bertz CT molecular complexity index is 1570. The molecule has 4 rings (SSSR count). The maximum absolute atomic E-state index is 12.6. The Hall–Kier alpha value is -4.43. The van der Waals surface area contributed by atoms with Crippen LogP contribution in [0.25, 0.3) is 21.9 Å². The molecule has 1 aromatic heterocycles. The number of halogens is 1. The van der Waals surface area contributed by atoms with Crippen LogP contribution in [0, 0.1) is 0 Å². The second-order valence-electron chi connectivity index (χ2n) is 10.8. The lowest BCUT2D eigenvalue weighted by Crippen LogP contribution is -2.39. The summed E-state index contributed by atoms with van der Waals surface area (Å²) in [6, 6.07) is 22.9. The number of pyridine rings is 1. The molecule has 4 N–H and O–H groups in total.